The molecule has 2 aromatic carbocycles. The first-order chi connectivity index (χ1) is 14.6. The molecule has 0 radical (unpaired) electrons. The molecular weight excluding hydrogens is 418 g/mol. The molecule has 2 rings (SSSR count). The fourth-order valence-electron chi connectivity index (χ4n) is 2.74. The molecule has 2 N–H and O–H groups in total. The lowest BCUT2D eigenvalue weighted by atomic mass is 10.1. The molecule has 6 nitrogen and oxygen atoms in total. The summed E-state index contributed by atoms with van der Waals surface area (Å²) < 4.78 is 10.3. The normalized spacial score (nSPS) is 11.7. The third-order valence-corrected chi connectivity index (χ3v) is 6.47. The van der Waals surface area contributed by atoms with Crippen molar-refractivity contribution in [1.82, 2.24) is 5.32 Å². The number of thioether (sulfide) groups is 2. The molecule has 0 aliphatic heterocycles. The molecule has 0 fully saturated rings. The van der Waals surface area contributed by atoms with Crippen molar-refractivity contribution in [2.75, 3.05) is 63.5 Å². The summed E-state index contributed by atoms with van der Waals surface area (Å²) in [4.78, 5) is 16.0. The summed E-state index contributed by atoms with van der Waals surface area (Å²) in [6, 6.07) is 16.1. The minimum atomic E-state index is -0.314. The minimum absolute atomic E-state index is 0.0153. The summed E-state index contributed by atoms with van der Waals surface area (Å²) >= 11 is 3.11. The van der Waals surface area contributed by atoms with Crippen molar-refractivity contribution in [2.24, 2.45) is 0 Å². The summed E-state index contributed by atoms with van der Waals surface area (Å²) in [5.41, 5.74) is 3.11. The summed E-state index contributed by atoms with van der Waals surface area (Å²) in [5, 5.41) is 6.12. The van der Waals surface area contributed by atoms with E-state index in [9.17, 15) is 4.79 Å². The SMILES string of the molecule is COCSc1ccccc1NCCNC(=O)C(SCOC)c1ccc(N(C)C)cc1. The molecule has 30 heavy (non-hydrogen) atoms. The van der Waals surface area contributed by atoms with Crippen molar-refractivity contribution in [3.05, 3.63) is 54.1 Å². The summed E-state index contributed by atoms with van der Waals surface area (Å²) in [6.07, 6.45) is 0. The van der Waals surface area contributed by atoms with Crippen LogP contribution in [0.25, 0.3) is 0 Å². The van der Waals surface area contributed by atoms with Crippen LogP contribution in [0.3, 0.4) is 0 Å². The molecule has 164 valence electrons. The number of ether oxygens (including phenoxy) is 2. The topological polar surface area (TPSA) is 62.8 Å². The number of carbonyl (C=O) groups excluding carboxylic acids is 1. The molecule has 8 heteroatoms. The second-order valence-corrected chi connectivity index (χ2v) is 8.71. The van der Waals surface area contributed by atoms with Gasteiger partial charge in [0.1, 0.15) is 5.25 Å². The van der Waals surface area contributed by atoms with E-state index >= 15 is 0 Å². The monoisotopic (exact) mass is 449 g/mol. The van der Waals surface area contributed by atoms with Gasteiger partial charge in [0.15, 0.2) is 0 Å². The lowest BCUT2D eigenvalue weighted by Crippen LogP contribution is -2.32. The number of methoxy groups -OCH3 is 2. The van der Waals surface area contributed by atoms with Crippen LogP contribution in [-0.4, -0.2) is 59.2 Å². The van der Waals surface area contributed by atoms with E-state index < -0.39 is 0 Å². The van der Waals surface area contributed by atoms with E-state index in [-0.39, 0.29) is 11.2 Å². The number of anilines is 2. The Labute approximate surface area is 188 Å². The van der Waals surface area contributed by atoms with Crippen LogP contribution in [0, 0.1) is 0 Å². The van der Waals surface area contributed by atoms with E-state index in [4.69, 9.17) is 9.47 Å². The van der Waals surface area contributed by atoms with Crippen molar-refractivity contribution < 1.29 is 14.3 Å². The maximum absolute atomic E-state index is 12.8. The van der Waals surface area contributed by atoms with Crippen molar-refractivity contribution in [3.8, 4) is 0 Å². The maximum Gasteiger partial charge on any atom is 0.237 e. The number of nitrogens with zero attached hydrogens (tertiary/aromatic N) is 1. The Morgan fingerprint density at radius 3 is 2.37 bits per heavy atom. The van der Waals surface area contributed by atoms with Crippen LogP contribution in [0.4, 0.5) is 11.4 Å². The second-order valence-electron chi connectivity index (χ2n) is 6.70. The Morgan fingerprint density at radius 2 is 1.70 bits per heavy atom. The minimum Gasteiger partial charge on any atom is -0.382 e. The Hall–Kier alpha value is -1.87. The van der Waals surface area contributed by atoms with Crippen LogP contribution >= 0.6 is 23.5 Å². The summed E-state index contributed by atoms with van der Waals surface area (Å²) in [7, 11) is 7.32. The Kier molecular flexibility index (Phi) is 10.9. The van der Waals surface area contributed by atoms with Gasteiger partial charge in [-0.1, -0.05) is 36.0 Å². The first kappa shape index (κ1) is 24.4. The van der Waals surface area contributed by atoms with E-state index in [0.717, 1.165) is 21.8 Å². The first-order valence-corrected chi connectivity index (χ1v) is 11.7. The van der Waals surface area contributed by atoms with Gasteiger partial charge in [0, 0.05) is 57.7 Å². The van der Waals surface area contributed by atoms with Gasteiger partial charge in [-0.05, 0) is 29.8 Å². The third-order valence-electron chi connectivity index (χ3n) is 4.26. The average Bonchev–Trinajstić information content (AvgIpc) is 2.76. The van der Waals surface area contributed by atoms with Crippen molar-refractivity contribution in [3.63, 3.8) is 0 Å². The smallest absolute Gasteiger partial charge is 0.237 e. The van der Waals surface area contributed by atoms with Crippen molar-refractivity contribution >= 4 is 40.8 Å². The molecule has 0 aliphatic carbocycles. The number of para-hydroxylation sites is 1. The number of rotatable bonds is 13. The van der Waals surface area contributed by atoms with Crippen LogP contribution in [0.5, 0.6) is 0 Å². The Bertz CT molecular complexity index is 772. The molecule has 0 saturated heterocycles. The van der Waals surface area contributed by atoms with E-state index in [2.05, 4.69) is 16.7 Å². The fourth-order valence-corrected chi connectivity index (χ4v) is 4.31. The molecule has 0 spiro atoms. The molecule has 0 heterocycles. The van der Waals surface area contributed by atoms with Gasteiger partial charge in [-0.3, -0.25) is 4.79 Å². The number of hydrogen-bond acceptors (Lipinski definition) is 7. The molecular formula is C22H31N3O3S2. The van der Waals surface area contributed by atoms with Crippen molar-refractivity contribution in [2.45, 2.75) is 10.1 Å². The highest BCUT2D eigenvalue weighted by atomic mass is 32.2. The zero-order valence-electron chi connectivity index (χ0n) is 18.0. The largest absolute Gasteiger partial charge is 0.382 e. The highest BCUT2D eigenvalue weighted by molar-refractivity contribution is 8.00. The van der Waals surface area contributed by atoms with Gasteiger partial charge in [-0.15, -0.1) is 11.8 Å². The first-order valence-electron chi connectivity index (χ1n) is 9.67. The molecule has 0 saturated carbocycles. The third kappa shape index (κ3) is 7.75. The quantitative estimate of drug-likeness (QED) is 0.272. The molecule has 0 aliphatic rings. The number of carbonyl (C=O) groups is 1. The number of nitrogens with one attached hydrogen (secondary N) is 2. The second kappa shape index (κ2) is 13.4. The molecule has 0 aromatic heterocycles. The van der Waals surface area contributed by atoms with Gasteiger partial charge in [0.05, 0.1) is 11.9 Å². The van der Waals surface area contributed by atoms with Crippen LogP contribution in [0.1, 0.15) is 10.8 Å². The highest BCUT2D eigenvalue weighted by Gasteiger charge is 2.21. The van der Waals surface area contributed by atoms with Gasteiger partial charge >= 0.3 is 0 Å². The zero-order chi connectivity index (χ0) is 21.8. The molecule has 1 amide bonds. The maximum atomic E-state index is 12.8. The van der Waals surface area contributed by atoms with Crippen LogP contribution < -0.4 is 15.5 Å². The lowest BCUT2D eigenvalue weighted by molar-refractivity contribution is -0.120. The van der Waals surface area contributed by atoms with Crippen LogP contribution in [-0.2, 0) is 14.3 Å². The van der Waals surface area contributed by atoms with E-state index in [1.165, 1.54) is 11.8 Å². The zero-order valence-corrected chi connectivity index (χ0v) is 19.6. The standard InChI is InChI=1S/C22H31N3O3S2/c1-25(2)18-11-9-17(10-12-18)21(30-16-28-4)22(26)24-14-13-23-19-7-5-6-8-20(19)29-15-27-3/h5-12,21,23H,13-16H2,1-4H3,(H,24,26). The van der Waals surface area contributed by atoms with Crippen LogP contribution in [0.2, 0.25) is 0 Å². The lowest BCUT2D eigenvalue weighted by Gasteiger charge is -2.19. The predicted molar refractivity (Wildman–Crippen MR) is 129 cm³/mol. The number of benzene rings is 2. The van der Waals surface area contributed by atoms with Crippen molar-refractivity contribution in [1.29, 1.82) is 0 Å². The average molecular weight is 450 g/mol. The predicted octanol–water partition coefficient (Wildman–Crippen LogP) is 4.06. The number of hydrogen-bond donors (Lipinski definition) is 2. The van der Waals surface area contributed by atoms with Gasteiger partial charge in [-0.2, -0.15) is 0 Å². The van der Waals surface area contributed by atoms with Crippen LogP contribution in [0.15, 0.2) is 53.4 Å². The van der Waals surface area contributed by atoms with Gasteiger partial charge in [0.25, 0.3) is 0 Å². The van der Waals surface area contributed by atoms with E-state index in [0.29, 0.717) is 25.0 Å². The Balaban J connectivity index is 1.91. The van der Waals surface area contributed by atoms with Gasteiger partial charge in [-0.25, -0.2) is 0 Å². The highest BCUT2D eigenvalue weighted by Crippen LogP contribution is 2.30. The van der Waals surface area contributed by atoms with Gasteiger partial charge < -0.3 is 25.0 Å². The summed E-state index contributed by atoms with van der Waals surface area (Å²) in [5.74, 6) is 1.04. The molecule has 0 bridgehead atoms. The molecule has 1 unspecified atom stereocenters. The fraction of sp³-hybridized carbons (Fsp3) is 0.409. The molecule has 1 atom stereocenters. The number of amides is 1. The van der Waals surface area contributed by atoms with Gasteiger partial charge in [0.2, 0.25) is 5.91 Å². The van der Waals surface area contributed by atoms with E-state index in [1.54, 1.807) is 26.0 Å². The Morgan fingerprint density at radius 1 is 1.00 bits per heavy atom. The molecule has 2 aromatic rings. The summed E-state index contributed by atoms with van der Waals surface area (Å²) in [6.45, 7) is 1.17. The van der Waals surface area contributed by atoms with E-state index in [1.807, 2.05) is 61.5 Å².